The van der Waals surface area contributed by atoms with Crippen LogP contribution in [0.2, 0.25) is 0 Å². The van der Waals surface area contributed by atoms with Crippen molar-refractivity contribution in [2.24, 2.45) is 0 Å². The fourth-order valence-corrected chi connectivity index (χ4v) is 3.15. The van der Waals surface area contributed by atoms with Crippen LogP contribution in [0, 0.1) is 0 Å². The molecule has 0 unspecified atom stereocenters. The molecule has 0 saturated heterocycles. The first-order valence-electron chi connectivity index (χ1n) is 8.72. The van der Waals surface area contributed by atoms with Gasteiger partial charge in [-0.2, -0.15) is 0 Å². The van der Waals surface area contributed by atoms with Crippen molar-refractivity contribution in [3.05, 3.63) is 83.4 Å². The highest BCUT2D eigenvalue weighted by Crippen LogP contribution is 2.32. The second-order valence-electron chi connectivity index (χ2n) is 6.27. The molecular weight excluding hydrogens is 358 g/mol. The third kappa shape index (κ3) is 3.40. The monoisotopic (exact) mass is 375 g/mol. The Bertz CT molecular complexity index is 1060. The predicted molar refractivity (Wildman–Crippen MR) is 103 cm³/mol. The van der Waals surface area contributed by atoms with Gasteiger partial charge in [0.25, 0.3) is 5.91 Å². The van der Waals surface area contributed by atoms with E-state index in [1.54, 1.807) is 48.5 Å². The third-order valence-corrected chi connectivity index (χ3v) is 4.51. The molecule has 1 aliphatic rings. The van der Waals surface area contributed by atoms with Crippen LogP contribution < -0.4 is 14.8 Å². The summed E-state index contributed by atoms with van der Waals surface area (Å²) < 4.78 is 10.6. The van der Waals surface area contributed by atoms with Crippen LogP contribution in [0.15, 0.2) is 66.7 Å². The Morgan fingerprint density at radius 2 is 1.50 bits per heavy atom. The normalized spacial score (nSPS) is 11.9. The Kier molecular flexibility index (Phi) is 4.68. The number of ether oxygens (including phenoxy) is 2. The zero-order valence-electron chi connectivity index (χ0n) is 14.8. The van der Waals surface area contributed by atoms with Gasteiger partial charge in [-0.05, 0) is 41.0 Å². The number of carboxylic acids is 1. The molecule has 6 heteroatoms. The summed E-state index contributed by atoms with van der Waals surface area (Å²) in [4.78, 5) is 24.4. The average Bonchev–Trinajstić information content (AvgIpc) is 3.20. The molecule has 3 aromatic rings. The van der Waals surface area contributed by atoms with Gasteiger partial charge in [0, 0.05) is 12.1 Å². The predicted octanol–water partition coefficient (Wildman–Crippen LogP) is 3.71. The smallest absolute Gasteiger partial charge is 0.336 e. The molecule has 1 amide bonds. The van der Waals surface area contributed by atoms with E-state index in [1.807, 2.05) is 12.1 Å². The van der Waals surface area contributed by atoms with Gasteiger partial charge in [0.2, 0.25) is 6.79 Å². The first-order chi connectivity index (χ1) is 13.6. The summed E-state index contributed by atoms with van der Waals surface area (Å²) in [5, 5.41) is 12.3. The van der Waals surface area contributed by atoms with E-state index in [0.717, 1.165) is 5.56 Å². The Hall–Kier alpha value is -3.80. The molecule has 0 aliphatic carbocycles. The molecule has 0 bridgehead atoms. The van der Waals surface area contributed by atoms with E-state index < -0.39 is 5.97 Å². The van der Waals surface area contributed by atoms with E-state index in [0.29, 0.717) is 34.7 Å². The summed E-state index contributed by atoms with van der Waals surface area (Å²) in [6.07, 6.45) is 0. The number of amides is 1. The van der Waals surface area contributed by atoms with Crippen LogP contribution in [0.25, 0.3) is 11.1 Å². The third-order valence-electron chi connectivity index (χ3n) is 4.51. The molecule has 2 N–H and O–H groups in total. The molecule has 1 heterocycles. The summed E-state index contributed by atoms with van der Waals surface area (Å²) in [6.45, 7) is 0.506. The van der Waals surface area contributed by atoms with E-state index >= 15 is 0 Å². The zero-order chi connectivity index (χ0) is 19.5. The van der Waals surface area contributed by atoms with E-state index in [1.165, 1.54) is 6.07 Å². The summed E-state index contributed by atoms with van der Waals surface area (Å²) in [5.74, 6) is 0.0212. The van der Waals surface area contributed by atoms with Crippen LogP contribution in [-0.2, 0) is 6.54 Å². The minimum atomic E-state index is -1.04. The molecule has 4 rings (SSSR count). The number of benzene rings is 3. The number of rotatable bonds is 5. The lowest BCUT2D eigenvalue weighted by molar-refractivity contribution is 0.0697. The van der Waals surface area contributed by atoms with Gasteiger partial charge in [0.05, 0.1) is 5.56 Å². The standard InChI is InChI=1S/C22H17NO5/c24-21(23-12-14-9-10-19-20(11-14)28-13-27-19)17-7-3-1-5-15(17)16-6-2-4-8-18(16)22(25)26/h1-11H,12-13H2,(H,23,24)(H,25,26). The van der Waals surface area contributed by atoms with Crippen LogP contribution >= 0.6 is 0 Å². The Morgan fingerprint density at radius 1 is 0.857 bits per heavy atom. The minimum absolute atomic E-state index is 0.151. The number of carbonyl (C=O) groups excluding carboxylic acids is 1. The number of fused-ring (bicyclic) bond motifs is 1. The van der Waals surface area contributed by atoms with Gasteiger partial charge in [-0.15, -0.1) is 0 Å². The highest BCUT2D eigenvalue weighted by molar-refractivity contribution is 6.04. The fraction of sp³-hybridized carbons (Fsp3) is 0.0909. The lowest BCUT2D eigenvalue weighted by Gasteiger charge is -2.12. The number of carbonyl (C=O) groups is 2. The van der Waals surface area contributed by atoms with E-state index in [9.17, 15) is 14.7 Å². The largest absolute Gasteiger partial charge is 0.478 e. The lowest BCUT2D eigenvalue weighted by atomic mass is 9.95. The first kappa shape index (κ1) is 17.6. The number of carboxylic acid groups (broad SMARTS) is 1. The molecule has 0 saturated carbocycles. The number of aromatic carboxylic acids is 1. The van der Waals surface area contributed by atoms with Crippen LogP contribution in [0.3, 0.4) is 0 Å². The van der Waals surface area contributed by atoms with Gasteiger partial charge < -0.3 is 19.9 Å². The van der Waals surface area contributed by atoms with Crippen LogP contribution in [0.1, 0.15) is 26.3 Å². The maximum Gasteiger partial charge on any atom is 0.336 e. The van der Waals surface area contributed by atoms with Crippen molar-refractivity contribution in [3.8, 4) is 22.6 Å². The molecule has 6 nitrogen and oxygen atoms in total. The zero-order valence-corrected chi connectivity index (χ0v) is 14.8. The molecule has 140 valence electrons. The van der Waals surface area contributed by atoms with Gasteiger partial charge in [-0.1, -0.05) is 42.5 Å². The van der Waals surface area contributed by atoms with E-state index in [-0.39, 0.29) is 18.3 Å². The summed E-state index contributed by atoms with van der Waals surface area (Å²) in [7, 11) is 0. The Balaban J connectivity index is 1.58. The highest BCUT2D eigenvalue weighted by atomic mass is 16.7. The number of nitrogens with one attached hydrogen (secondary N) is 1. The van der Waals surface area contributed by atoms with Crippen LogP contribution in [-0.4, -0.2) is 23.8 Å². The summed E-state index contributed by atoms with van der Waals surface area (Å²) in [6, 6.07) is 19.1. The molecular formula is C22H17NO5. The molecule has 28 heavy (non-hydrogen) atoms. The van der Waals surface area contributed by atoms with Gasteiger partial charge >= 0.3 is 5.97 Å². The topological polar surface area (TPSA) is 84.9 Å². The molecule has 3 aromatic carbocycles. The van der Waals surface area contributed by atoms with Crippen molar-refractivity contribution in [3.63, 3.8) is 0 Å². The van der Waals surface area contributed by atoms with Crippen molar-refractivity contribution in [2.45, 2.75) is 6.54 Å². The quantitative estimate of drug-likeness (QED) is 0.710. The first-order valence-corrected chi connectivity index (χ1v) is 8.72. The number of hydrogen-bond acceptors (Lipinski definition) is 4. The van der Waals surface area contributed by atoms with Gasteiger partial charge in [-0.3, -0.25) is 4.79 Å². The highest BCUT2D eigenvalue weighted by Gasteiger charge is 2.18. The van der Waals surface area contributed by atoms with Crippen molar-refractivity contribution in [1.29, 1.82) is 0 Å². The maximum atomic E-state index is 12.8. The van der Waals surface area contributed by atoms with Gasteiger partial charge in [-0.25, -0.2) is 4.79 Å². The Labute approximate surface area is 161 Å². The fourth-order valence-electron chi connectivity index (χ4n) is 3.15. The molecule has 0 radical (unpaired) electrons. The second kappa shape index (κ2) is 7.44. The van der Waals surface area contributed by atoms with E-state index in [2.05, 4.69) is 5.32 Å². The summed E-state index contributed by atoms with van der Waals surface area (Å²) >= 11 is 0. The second-order valence-corrected chi connectivity index (χ2v) is 6.27. The minimum Gasteiger partial charge on any atom is -0.478 e. The van der Waals surface area contributed by atoms with Crippen LogP contribution in [0.4, 0.5) is 0 Å². The van der Waals surface area contributed by atoms with Crippen molar-refractivity contribution in [2.75, 3.05) is 6.79 Å². The maximum absolute atomic E-state index is 12.8. The van der Waals surface area contributed by atoms with Gasteiger partial charge in [0.15, 0.2) is 11.5 Å². The van der Waals surface area contributed by atoms with Crippen molar-refractivity contribution < 1.29 is 24.2 Å². The summed E-state index contributed by atoms with van der Waals surface area (Å²) in [5.41, 5.74) is 2.52. The molecule has 0 atom stereocenters. The molecule has 1 aliphatic heterocycles. The molecule has 0 spiro atoms. The molecule has 0 fully saturated rings. The average molecular weight is 375 g/mol. The Morgan fingerprint density at radius 3 is 2.25 bits per heavy atom. The number of hydrogen-bond donors (Lipinski definition) is 2. The van der Waals surface area contributed by atoms with E-state index in [4.69, 9.17) is 9.47 Å². The van der Waals surface area contributed by atoms with Crippen LogP contribution in [0.5, 0.6) is 11.5 Å². The lowest BCUT2D eigenvalue weighted by Crippen LogP contribution is -2.23. The SMILES string of the molecule is O=C(O)c1ccccc1-c1ccccc1C(=O)NCc1ccc2c(c1)OCO2. The van der Waals surface area contributed by atoms with Crippen molar-refractivity contribution in [1.82, 2.24) is 5.32 Å². The molecule has 0 aromatic heterocycles. The van der Waals surface area contributed by atoms with Crippen molar-refractivity contribution >= 4 is 11.9 Å². The van der Waals surface area contributed by atoms with Gasteiger partial charge in [0.1, 0.15) is 0 Å².